The topological polar surface area (TPSA) is 96.5 Å². The van der Waals surface area contributed by atoms with Gasteiger partial charge in [-0.3, -0.25) is 10.1 Å². The smallest absolute Gasteiger partial charge is 0.257 e. The molecule has 0 heterocycles. The summed E-state index contributed by atoms with van der Waals surface area (Å²) < 4.78 is 34.1. The Bertz CT molecular complexity index is 1280. The van der Waals surface area contributed by atoms with Gasteiger partial charge in [-0.1, -0.05) is 43.7 Å². The second-order valence-electron chi connectivity index (χ2n) is 7.91. The van der Waals surface area contributed by atoms with Gasteiger partial charge in [0.1, 0.15) is 5.75 Å². The molecule has 3 aromatic rings. The maximum absolute atomic E-state index is 12.6. The number of amides is 1. The fourth-order valence-corrected chi connectivity index (χ4v) is 4.93. The number of thiocarbonyl (C=S) groups is 1. The fraction of sp³-hybridized carbons (Fsp3) is 0.231. The first kappa shape index (κ1) is 27.8. The fourth-order valence-electron chi connectivity index (χ4n) is 3.20. The first-order valence-corrected chi connectivity index (χ1v) is 14.2. The van der Waals surface area contributed by atoms with Gasteiger partial charge < -0.3 is 10.1 Å². The highest BCUT2D eigenvalue weighted by Crippen LogP contribution is 2.26. The van der Waals surface area contributed by atoms with Gasteiger partial charge >= 0.3 is 0 Å². The molecule has 0 bridgehead atoms. The Morgan fingerprint density at radius 1 is 1.03 bits per heavy atom. The van der Waals surface area contributed by atoms with E-state index in [2.05, 4.69) is 38.2 Å². The molecule has 0 aliphatic carbocycles. The molecular formula is C26H28BrN3O4S2. The van der Waals surface area contributed by atoms with Crippen LogP contribution in [0.2, 0.25) is 0 Å². The second kappa shape index (κ2) is 13.5. The minimum atomic E-state index is -3.64. The molecule has 1 amide bonds. The van der Waals surface area contributed by atoms with Gasteiger partial charge in [0.15, 0.2) is 5.11 Å². The predicted molar refractivity (Wildman–Crippen MR) is 150 cm³/mol. The summed E-state index contributed by atoms with van der Waals surface area (Å²) in [7, 11) is -3.64. The number of hydrogen-bond acceptors (Lipinski definition) is 5. The van der Waals surface area contributed by atoms with Gasteiger partial charge in [-0.2, -0.15) is 0 Å². The lowest BCUT2D eigenvalue weighted by molar-refractivity contribution is 0.0977. The molecule has 3 rings (SSSR count). The third kappa shape index (κ3) is 8.41. The zero-order valence-corrected chi connectivity index (χ0v) is 23.0. The normalized spacial score (nSPS) is 11.1. The molecule has 0 spiro atoms. The van der Waals surface area contributed by atoms with Gasteiger partial charge in [0, 0.05) is 17.8 Å². The van der Waals surface area contributed by atoms with Gasteiger partial charge in [-0.25, -0.2) is 13.1 Å². The molecule has 0 unspecified atom stereocenters. The van der Waals surface area contributed by atoms with Crippen LogP contribution in [0.4, 0.5) is 5.69 Å². The number of anilines is 1. The van der Waals surface area contributed by atoms with Crippen molar-refractivity contribution in [1.82, 2.24) is 10.0 Å². The number of benzene rings is 3. The van der Waals surface area contributed by atoms with E-state index >= 15 is 0 Å². The molecule has 3 N–H and O–H groups in total. The third-order valence-electron chi connectivity index (χ3n) is 5.15. The number of carbonyl (C=O) groups is 1. The van der Waals surface area contributed by atoms with E-state index in [-0.39, 0.29) is 15.9 Å². The molecule has 0 atom stereocenters. The molecule has 3 aromatic carbocycles. The summed E-state index contributed by atoms with van der Waals surface area (Å²) in [6, 6.07) is 20.9. The Morgan fingerprint density at radius 3 is 2.42 bits per heavy atom. The molecule has 190 valence electrons. The summed E-state index contributed by atoms with van der Waals surface area (Å²) in [6.07, 6.45) is 2.58. The van der Waals surface area contributed by atoms with Crippen molar-refractivity contribution in [3.63, 3.8) is 0 Å². The van der Waals surface area contributed by atoms with Crippen LogP contribution in [0.3, 0.4) is 0 Å². The Morgan fingerprint density at radius 2 is 1.75 bits per heavy atom. The van der Waals surface area contributed by atoms with E-state index in [1.807, 2.05) is 30.3 Å². The van der Waals surface area contributed by atoms with Gasteiger partial charge in [-0.05, 0) is 89.0 Å². The van der Waals surface area contributed by atoms with Crippen molar-refractivity contribution < 1.29 is 17.9 Å². The van der Waals surface area contributed by atoms with Crippen molar-refractivity contribution in [2.75, 3.05) is 18.5 Å². The summed E-state index contributed by atoms with van der Waals surface area (Å²) in [5, 5.41) is 5.61. The van der Waals surface area contributed by atoms with E-state index in [1.54, 1.807) is 30.3 Å². The van der Waals surface area contributed by atoms with Gasteiger partial charge in [-0.15, -0.1) is 0 Å². The van der Waals surface area contributed by atoms with Crippen LogP contribution in [0.15, 0.2) is 82.2 Å². The Balaban J connectivity index is 1.51. The number of nitrogens with one attached hydrogen (secondary N) is 3. The third-order valence-corrected chi connectivity index (χ3v) is 7.45. The molecule has 10 heteroatoms. The molecule has 0 aliphatic heterocycles. The standard InChI is InChI=1S/C26H28BrN3O4S2/c1-2-3-17-34-24-14-9-20(18-23(24)27)25(31)30-26(35)29-21-10-12-22(13-11-21)36(32,33)28-16-15-19-7-5-4-6-8-19/h4-14,18,28H,2-3,15-17H2,1H3,(H2,29,30,31,35). The monoisotopic (exact) mass is 589 g/mol. The number of sulfonamides is 1. The molecule has 0 saturated carbocycles. The molecule has 7 nitrogen and oxygen atoms in total. The van der Waals surface area contributed by atoms with Gasteiger partial charge in [0.2, 0.25) is 10.0 Å². The number of rotatable bonds is 11. The summed E-state index contributed by atoms with van der Waals surface area (Å²) in [6.45, 7) is 2.99. The average Bonchev–Trinajstić information content (AvgIpc) is 2.86. The minimum absolute atomic E-state index is 0.0935. The van der Waals surface area contributed by atoms with Crippen LogP contribution in [-0.4, -0.2) is 32.6 Å². The number of halogens is 1. The first-order valence-electron chi connectivity index (χ1n) is 11.5. The van der Waals surface area contributed by atoms with Crippen LogP contribution in [0.5, 0.6) is 5.75 Å². The van der Waals surface area contributed by atoms with Crippen molar-refractivity contribution >= 4 is 54.9 Å². The molecule has 0 saturated heterocycles. The quantitative estimate of drug-likeness (QED) is 0.208. The zero-order valence-electron chi connectivity index (χ0n) is 19.8. The Hall–Kier alpha value is -2.79. The highest BCUT2D eigenvalue weighted by atomic mass is 79.9. The highest BCUT2D eigenvalue weighted by molar-refractivity contribution is 9.10. The molecule has 0 fully saturated rings. The molecule has 0 aromatic heterocycles. The van der Waals surface area contributed by atoms with E-state index < -0.39 is 10.0 Å². The highest BCUT2D eigenvalue weighted by Gasteiger charge is 2.14. The van der Waals surface area contributed by atoms with Crippen molar-refractivity contribution in [3.05, 3.63) is 88.4 Å². The molecule has 0 aliphatic rings. The second-order valence-corrected chi connectivity index (χ2v) is 10.9. The predicted octanol–water partition coefficient (Wildman–Crippen LogP) is 5.28. The van der Waals surface area contributed by atoms with E-state index in [4.69, 9.17) is 17.0 Å². The van der Waals surface area contributed by atoms with E-state index in [1.165, 1.54) is 12.1 Å². The van der Waals surface area contributed by atoms with Crippen molar-refractivity contribution in [2.24, 2.45) is 0 Å². The Labute approximate surface area is 225 Å². The number of unbranched alkanes of at least 4 members (excludes halogenated alkanes) is 1. The van der Waals surface area contributed by atoms with Gasteiger partial charge in [0.05, 0.1) is 16.0 Å². The lowest BCUT2D eigenvalue weighted by atomic mass is 10.2. The first-order chi connectivity index (χ1) is 17.3. The lowest BCUT2D eigenvalue weighted by Crippen LogP contribution is -2.34. The van der Waals surface area contributed by atoms with Crippen LogP contribution in [0.1, 0.15) is 35.7 Å². The molecule has 0 radical (unpaired) electrons. The average molecular weight is 591 g/mol. The number of ether oxygens (including phenoxy) is 1. The van der Waals surface area contributed by atoms with Crippen LogP contribution in [-0.2, 0) is 16.4 Å². The molecule has 36 heavy (non-hydrogen) atoms. The van der Waals surface area contributed by atoms with E-state index in [0.717, 1.165) is 18.4 Å². The minimum Gasteiger partial charge on any atom is -0.492 e. The number of hydrogen-bond donors (Lipinski definition) is 3. The van der Waals surface area contributed by atoms with Crippen LogP contribution < -0.4 is 20.1 Å². The summed E-state index contributed by atoms with van der Waals surface area (Å²) in [5.74, 6) is 0.292. The van der Waals surface area contributed by atoms with E-state index in [9.17, 15) is 13.2 Å². The maximum Gasteiger partial charge on any atom is 0.257 e. The Kier molecular flexibility index (Phi) is 10.4. The van der Waals surface area contributed by atoms with E-state index in [0.29, 0.717) is 41.0 Å². The molecular weight excluding hydrogens is 562 g/mol. The summed E-state index contributed by atoms with van der Waals surface area (Å²) >= 11 is 8.67. The number of carbonyl (C=O) groups excluding carboxylic acids is 1. The van der Waals surface area contributed by atoms with Crippen LogP contribution in [0.25, 0.3) is 0 Å². The van der Waals surface area contributed by atoms with Crippen molar-refractivity contribution in [1.29, 1.82) is 0 Å². The lowest BCUT2D eigenvalue weighted by Gasteiger charge is -2.12. The maximum atomic E-state index is 12.6. The summed E-state index contributed by atoms with van der Waals surface area (Å²) in [5.41, 5.74) is 2.01. The van der Waals surface area contributed by atoms with Gasteiger partial charge in [0.25, 0.3) is 5.91 Å². The summed E-state index contributed by atoms with van der Waals surface area (Å²) in [4.78, 5) is 12.7. The van der Waals surface area contributed by atoms with Crippen molar-refractivity contribution in [2.45, 2.75) is 31.1 Å². The van der Waals surface area contributed by atoms with Crippen LogP contribution in [0, 0.1) is 0 Å². The van der Waals surface area contributed by atoms with Crippen molar-refractivity contribution in [3.8, 4) is 5.75 Å². The SMILES string of the molecule is CCCCOc1ccc(C(=O)NC(=S)Nc2ccc(S(=O)(=O)NCCc3ccccc3)cc2)cc1Br. The zero-order chi connectivity index (χ0) is 26.0. The van der Waals surface area contributed by atoms with Crippen LogP contribution >= 0.6 is 28.1 Å². The largest absolute Gasteiger partial charge is 0.492 e.